The van der Waals surface area contributed by atoms with Gasteiger partial charge in [0.05, 0.1) is 0 Å². The molecule has 0 amide bonds. The number of pyridine rings is 1. The summed E-state index contributed by atoms with van der Waals surface area (Å²) in [5, 5.41) is 0. The Morgan fingerprint density at radius 2 is 1.85 bits per heavy atom. The summed E-state index contributed by atoms with van der Waals surface area (Å²) >= 11 is 0. The van der Waals surface area contributed by atoms with Crippen LogP contribution in [0.15, 0.2) is 60.0 Å². The summed E-state index contributed by atoms with van der Waals surface area (Å²) in [5.41, 5.74) is 6.08. The average Bonchev–Trinajstić information content (AvgIpc) is 3.11. The SMILES string of the molecule is C=C(CCCC1CCCCC1)C1CCC2C=C(Cc3ccncc3)C=C2C1. The van der Waals surface area contributed by atoms with Gasteiger partial charge in [0.2, 0.25) is 0 Å². The van der Waals surface area contributed by atoms with E-state index in [0.29, 0.717) is 5.92 Å². The summed E-state index contributed by atoms with van der Waals surface area (Å²) in [5.74, 6) is 2.44. The quantitative estimate of drug-likeness (QED) is 0.467. The third-order valence-corrected chi connectivity index (χ3v) is 7.14. The van der Waals surface area contributed by atoms with Gasteiger partial charge in [-0.2, -0.15) is 0 Å². The average molecular weight is 362 g/mol. The Morgan fingerprint density at radius 1 is 1.04 bits per heavy atom. The minimum atomic E-state index is 0.702. The van der Waals surface area contributed by atoms with Crippen molar-refractivity contribution in [1.29, 1.82) is 0 Å². The Labute approximate surface area is 165 Å². The summed E-state index contributed by atoms with van der Waals surface area (Å²) in [4.78, 5) is 4.13. The molecule has 0 saturated heterocycles. The molecule has 1 heteroatoms. The number of nitrogens with zero attached hydrogens (tertiary/aromatic N) is 1. The van der Waals surface area contributed by atoms with Crippen LogP contribution in [-0.4, -0.2) is 4.98 Å². The lowest BCUT2D eigenvalue weighted by molar-refractivity contribution is 0.329. The number of hydrogen-bond acceptors (Lipinski definition) is 1. The monoisotopic (exact) mass is 361 g/mol. The van der Waals surface area contributed by atoms with Crippen LogP contribution in [0.5, 0.6) is 0 Å². The third-order valence-electron chi connectivity index (χ3n) is 7.14. The van der Waals surface area contributed by atoms with Crippen LogP contribution < -0.4 is 0 Å². The summed E-state index contributed by atoms with van der Waals surface area (Å²) in [6, 6.07) is 4.27. The first-order valence-corrected chi connectivity index (χ1v) is 11.3. The van der Waals surface area contributed by atoms with Gasteiger partial charge >= 0.3 is 0 Å². The van der Waals surface area contributed by atoms with E-state index >= 15 is 0 Å². The molecule has 0 aromatic carbocycles. The Morgan fingerprint density at radius 3 is 2.67 bits per heavy atom. The molecule has 1 aromatic rings. The van der Waals surface area contributed by atoms with Crippen molar-refractivity contribution in [2.75, 3.05) is 0 Å². The Hall–Kier alpha value is -1.63. The predicted octanol–water partition coefficient (Wildman–Crippen LogP) is 7.21. The molecule has 144 valence electrons. The van der Waals surface area contributed by atoms with Gasteiger partial charge in [-0.3, -0.25) is 4.98 Å². The molecule has 2 unspecified atom stereocenters. The minimum absolute atomic E-state index is 0.702. The molecule has 0 spiro atoms. The van der Waals surface area contributed by atoms with E-state index in [4.69, 9.17) is 0 Å². The van der Waals surface area contributed by atoms with Gasteiger partial charge in [0.25, 0.3) is 0 Å². The van der Waals surface area contributed by atoms with Crippen LogP contribution in [0.2, 0.25) is 0 Å². The van der Waals surface area contributed by atoms with E-state index < -0.39 is 0 Å². The van der Waals surface area contributed by atoms with Crippen LogP contribution in [0.1, 0.15) is 76.2 Å². The molecule has 1 nitrogen and oxygen atoms in total. The van der Waals surface area contributed by atoms with Crippen molar-refractivity contribution < 1.29 is 0 Å². The molecule has 3 aliphatic rings. The highest BCUT2D eigenvalue weighted by Crippen LogP contribution is 2.43. The standard InChI is InChI=1S/C26H35N/c1-20(6-5-9-21-7-3-2-4-8-21)24-10-11-25-17-23(18-26(25)19-24)16-22-12-14-27-15-13-22/h12-15,17-18,21,24-25H,1-11,16,19H2. The van der Waals surface area contributed by atoms with Crippen LogP contribution >= 0.6 is 0 Å². The zero-order valence-corrected chi connectivity index (χ0v) is 16.8. The fourth-order valence-electron chi connectivity index (χ4n) is 5.50. The number of allylic oxidation sites excluding steroid dienone is 5. The first kappa shape index (κ1) is 18.7. The van der Waals surface area contributed by atoms with E-state index in [9.17, 15) is 0 Å². The number of aromatic nitrogens is 1. The maximum Gasteiger partial charge on any atom is 0.0270 e. The molecule has 2 atom stereocenters. The molecule has 0 N–H and O–H groups in total. The zero-order chi connectivity index (χ0) is 18.5. The topological polar surface area (TPSA) is 12.9 Å². The Kier molecular flexibility index (Phi) is 6.27. The van der Waals surface area contributed by atoms with Gasteiger partial charge < -0.3 is 0 Å². The fraction of sp³-hybridized carbons (Fsp3) is 0.577. The van der Waals surface area contributed by atoms with Crippen molar-refractivity contribution in [3.05, 3.63) is 65.5 Å². The van der Waals surface area contributed by atoms with Crippen molar-refractivity contribution in [3.63, 3.8) is 0 Å². The minimum Gasteiger partial charge on any atom is -0.265 e. The Balaban J connectivity index is 1.25. The first-order valence-electron chi connectivity index (χ1n) is 11.3. The normalized spacial score (nSPS) is 25.6. The van der Waals surface area contributed by atoms with E-state index in [1.165, 1.54) is 87.3 Å². The highest BCUT2D eigenvalue weighted by atomic mass is 14.6. The van der Waals surface area contributed by atoms with E-state index in [-0.39, 0.29) is 0 Å². The number of fused-ring (bicyclic) bond motifs is 1. The molecular weight excluding hydrogens is 326 g/mol. The second-order valence-electron chi connectivity index (χ2n) is 9.13. The molecule has 0 aliphatic heterocycles. The van der Waals surface area contributed by atoms with Gasteiger partial charge in [-0.1, -0.05) is 68.4 Å². The highest BCUT2D eigenvalue weighted by Gasteiger charge is 2.28. The smallest absolute Gasteiger partial charge is 0.0270 e. The lowest BCUT2D eigenvalue weighted by Gasteiger charge is -2.30. The largest absolute Gasteiger partial charge is 0.265 e. The second-order valence-corrected chi connectivity index (χ2v) is 9.13. The summed E-state index contributed by atoms with van der Waals surface area (Å²) < 4.78 is 0. The summed E-state index contributed by atoms with van der Waals surface area (Å²) in [7, 11) is 0. The molecule has 3 aliphatic carbocycles. The van der Waals surface area contributed by atoms with E-state index in [1.807, 2.05) is 12.4 Å². The van der Waals surface area contributed by atoms with Gasteiger partial charge in [-0.15, -0.1) is 0 Å². The lowest BCUT2D eigenvalue weighted by atomic mass is 9.75. The summed E-state index contributed by atoms with van der Waals surface area (Å²) in [6.45, 7) is 4.51. The van der Waals surface area contributed by atoms with Gasteiger partial charge in [-0.05, 0) is 79.5 Å². The van der Waals surface area contributed by atoms with E-state index in [2.05, 4.69) is 35.8 Å². The van der Waals surface area contributed by atoms with E-state index in [0.717, 1.165) is 18.3 Å². The van der Waals surface area contributed by atoms with Crippen molar-refractivity contribution in [2.45, 2.75) is 77.0 Å². The summed E-state index contributed by atoms with van der Waals surface area (Å²) in [6.07, 6.45) is 25.2. The van der Waals surface area contributed by atoms with Crippen molar-refractivity contribution in [2.24, 2.45) is 17.8 Å². The van der Waals surface area contributed by atoms with Gasteiger partial charge in [0, 0.05) is 12.4 Å². The highest BCUT2D eigenvalue weighted by molar-refractivity contribution is 5.40. The second kappa shape index (κ2) is 9.04. The molecule has 1 heterocycles. The van der Waals surface area contributed by atoms with Crippen LogP contribution in [0.3, 0.4) is 0 Å². The van der Waals surface area contributed by atoms with Gasteiger partial charge in [0.1, 0.15) is 0 Å². The maximum atomic E-state index is 4.51. The Bertz CT molecular complexity index is 690. The van der Waals surface area contributed by atoms with Crippen molar-refractivity contribution in [3.8, 4) is 0 Å². The van der Waals surface area contributed by atoms with Gasteiger partial charge in [0.15, 0.2) is 0 Å². The van der Waals surface area contributed by atoms with Crippen LogP contribution in [0.25, 0.3) is 0 Å². The van der Waals surface area contributed by atoms with Crippen LogP contribution in [0.4, 0.5) is 0 Å². The van der Waals surface area contributed by atoms with Crippen LogP contribution in [0, 0.1) is 17.8 Å². The lowest BCUT2D eigenvalue weighted by Crippen LogP contribution is -2.16. The fourth-order valence-corrected chi connectivity index (χ4v) is 5.50. The molecule has 2 saturated carbocycles. The molecule has 1 aromatic heterocycles. The molecular formula is C26H35N. The van der Waals surface area contributed by atoms with Crippen molar-refractivity contribution >= 4 is 0 Å². The van der Waals surface area contributed by atoms with Gasteiger partial charge in [-0.25, -0.2) is 0 Å². The predicted molar refractivity (Wildman–Crippen MR) is 115 cm³/mol. The molecule has 2 fully saturated rings. The molecule has 0 radical (unpaired) electrons. The third kappa shape index (κ3) is 5.00. The zero-order valence-electron chi connectivity index (χ0n) is 16.8. The van der Waals surface area contributed by atoms with Crippen molar-refractivity contribution in [1.82, 2.24) is 4.98 Å². The molecule has 27 heavy (non-hydrogen) atoms. The van der Waals surface area contributed by atoms with E-state index in [1.54, 1.807) is 5.57 Å². The molecule has 4 rings (SSSR count). The molecule has 0 bridgehead atoms. The number of rotatable bonds is 7. The maximum absolute atomic E-state index is 4.51. The number of hydrogen-bond donors (Lipinski definition) is 0. The van der Waals surface area contributed by atoms with Crippen LogP contribution in [-0.2, 0) is 6.42 Å². The first-order chi connectivity index (χ1) is 13.3.